The Hall–Kier alpha value is -0.430. The van der Waals surface area contributed by atoms with Crippen LogP contribution in [-0.2, 0) is 4.74 Å². The molecule has 0 rings (SSSR count). The number of ether oxygens (including phenoxy) is 1. The smallest absolute Gasteiger partial charge is 0.387 e. The minimum absolute atomic E-state index is 0.196. The lowest BCUT2D eigenvalue weighted by atomic mass is 9.82. The molecule has 128 valence electrons. The average molecular weight is 320 g/mol. The molecule has 0 saturated heterocycles. The third kappa shape index (κ3) is 5.06. The second kappa shape index (κ2) is 6.36. The second-order valence-electron chi connectivity index (χ2n) is 7.03. The Morgan fingerprint density at radius 1 is 0.952 bits per heavy atom. The predicted octanol–water partition coefficient (Wildman–Crippen LogP) is 4.41. The van der Waals surface area contributed by atoms with Crippen LogP contribution < -0.4 is 0 Å². The van der Waals surface area contributed by atoms with Crippen molar-refractivity contribution in [3.05, 3.63) is 0 Å². The molecule has 0 radical (unpaired) electrons. The zero-order valence-electron chi connectivity index (χ0n) is 13.3. The highest BCUT2D eigenvalue weighted by atomic mass is 19.4. The summed E-state index contributed by atoms with van der Waals surface area (Å²) in [4.78, 5) is 0. The fourth-order valence-electron chi connectivity index (χ4n) is 1.93. The Bertz CT molecular complexity index is 317. The van der Waals surface area contributed by atoms with E-state index in [0.29, 0.717) is 0 Å². The molecule has 0 aromatic heterocycles. The highest BCUT2D eigenvalue weighted by Crippen LogP contribution is 2.43. The van der Waals surface area contributed by atoms with Crippen molar-refractivity contribution in [2.45, 2.75) is 72.3 Å². The molecule has 0 aromatic rings. The number of rotatable bonds is 6. The van der Waals surface area contributed by atoms with Crippen molar-refractivity contribution in [2.24, 2.45) is 10.8 Å². The summed E-state index contributed by atoms with van der Waals surface area (Å²) in [5.41, 5.74) is -3.19. The molecule has 0 aromatic carbocycles. The van der Waals surface area contributed by atoms with Crippen molar-refractivity contribution in [1.29, 1.82) is 0 Å². The van der Waals surface area contributed by atoms with Crippen LogP contribution in [0.1, 0.15) is 48.0 Å². The Morgan fingerprint density at radius 2 is 1.38 bits per heavy atom. The summed E-state index contributed by atoms with van der Waals surface area (Å²) in [7, 11) is 0. The van der Waals surface area contributed by atoms with E-state index in [1.54, 1.807) is 0 Å². The lowest BCUT2D eigenvalue weighted by molar-refractivity contribution is -0.271. The van der Waals surface area contributed by atoms with Gasteiger partial charge in [0.25, 0.3) is 5.92 Å². The standard InChI is InChI=1S/C14H25F5O2/c1-7-9(20)13(15,16)12(5,6)8-21-10(11(2,3)4)14(17,18)19/h9-10,20H,7-8H2,1-6H3/t9?,10-/m1/s1. The van der Waals surface area contributed by atoms with Gasteiger partial charge in [0.15, 0.2) is 6.10 Å². The second-order valence-corrected chi connectivity index (χ2v) is 7.03. The summed E-state index contributed by atoms with van der Waals surface area (Å²) >= 11 is 0. The van der Waals surface area contributed by atoms with E-state index >= 15 is 0 Å². The predicted molar refractivity (Wildman–Crippen MR) is 70.3 cm³/mol. The molecule has 1 N–H and O–H groups in total. The first-order chi connectivity index (χ1) is 9.07. The number of aliphatic hydroxyl groups excluding tert-OH is 1. The molecular weight excluding hydrogens is 295 g/mol. The fourth-order valence-corrected chi connectivity index (χ4v) is 1.93. The molecule has 0 aliphatic heterocycles. The molecule has 21 heavy (non-hydrogen) atoms. The number of halogens is 5. The molecule has 0 saturated carbocycles. The van der Waals surface area contributed by atoms with Crippen LogP contribution in [0.25, 0.3) is 0 Å². The normalized spacial score (nSPS) is 17.7. The SMILES string of the molecule is CCC(O)C(F)(F)C(C)(C)CO[C@H](C(C)(C)C)C(F)(F)F. The Morgan fingerprint density at radius 3 is 1.67 bits per heavy atom. The maximum absolute atomic E-state index is 14.0. The van der Waals surface area contributed by atoms with Crippen LogP contribution >= 0.6 is 0 Å². The van der Waals surface area contributed by atoms with Crippen LogP contribution in [0.2, 0.25) is 0 Å². The van der Waals surface area contributed by atoms with Crippen molar-refractivity contribution in [3.63, 3.8) is 0 Å². The average Bonchev–Trinajstić information content (AvgIpc) is 2.23. The fraction of sp³-hybridized carbons (Fsp3) is 1.00. The van der Waals surface area contributed by atoms with Crippen LogP contribution in [0.4, 0.5) is 22.0 Å². The largest absolute Gasteiger partial charge is 0.415 e. The molecule has 0 bridgehead atoms. The van der Waals surface area contributed by atoms with Gasteiger partial charge in [-0.05, 0) is 11.8 Å². The topological polar surface area (TPSA) is 29.5 Å². The summed E-state index contributed by atoms with van der Waals surface area (Å²) in [6, 6.07) is 0. The molecule has 2 atom stereocenters. The van der Waals surface area contributed by atoms with Crippen molar-refractivity contribution >= 4 is 0 Å². The summed E-state index contributed by atoms with van der Waals surface area (Å²) in [5.74, 6) is -3.55. The Labute approximate surface area is 122 Å². The Balaban J connectivity index is 5.12. The highest BCUT2D eigenvalue weighted by Gasteiger charge is 2.54. The van der Waals surface area contributed by atoms with Gasteiger partial charge in [0.05, 0.1) is 12.0 Å². The van der Waals surface area contributed by atoms with Crippen molar-refractivity contribution in [2.75, 3.05) is 6.61 Å². The number of hydrogen-bond donors (Lipinski definition) is 1. The number of hydrogen-bond acceptors (Lipinski definition) is 2. The van der Waals surface area contributed by atoms with Gasteiger partial charge in [-0.1, -0.05) is 41.5 Å². The van der Waals surface area contributed by atoms with Crippen LogP contribution in [0.5, 0.6) is 0 Å². The van der Waals surface area contributed by atoms with Crippen molar-refractivity contribution in [1.82, 2.24) is 0 Å². The van der Waals surface area contributed by atoms with E-state index < -0.39 is 41.7 Å². The first-order valence-electron chi connectivity index (χ1n) is 6.81. The zero-order chi connectivity index (χ0) is 17.3. The molecular formula is C14H25F5O2. The van der Waals surface area contributed by atoms with E-state index in [1.165, 1.54) is 27.7 Å². The monoisotopic (exact) mass is 320 g/mol. The third-order valence-electron chi connectivity index (χ3n) is 3.40. The number of aliphatic hydroxyl groups is 1. The third-order valence-corrected chi connectivity index (χ3v) is 3.40. The van der Waals surface area contributed by atoms with Gasteiger partial charge < -0.3 is 9.84 Å². The van der Waals surface area contributed by atoms with Gasteiger partial charge in [0, 0.05) is 0 Å². The van der Waals surface area contributed by atoms with Gasteiger partial charge in [-0.3, -0.25) is 0 Å². The first-order valence-corrected chi connectivity index (χ1v) is 6.81. The summed E-state index contributed by atoms with van der Waals surface area (Å²) in [6.07, 6.45) is -8.92. The molecule has 1 unspecified atom stereocenters. The van der Waals surface area contributed by atoms with Crippen LogP contribution in [-0.4, -0.2) is 36.0 Å². The molecule has 0 spiro atoms. The Kier molecular flexibility index (Phi) is 6.23. The van der Waals surface area contributed by atoms with E-state index in [2.05, 4.69) is 0 Å². The lowest BCUT2D eigenvalue weighted by Gasteiger charge is -2.39. The highest BCUT2D eigenvalue weighted by molar-refractivity contribution is 4.92. The van der Waals surface area contributed by atoms with E-state index in [9.17, 15) is 27.1 Å². The summed E-state index contributed by atoms with van der Waals surface area (Å²) in [5, 5.41) is 9.38. The van der Waals surface area contributed by atoms with Gasteiger partial charge in [-0.15, -0.1) is 0 Å². The van der Waals surface area contributed by atoms with E-state index in [0.717, 1.165) is 13.8 Å². The lowest BCUT2D eigenvalue weighted by Crippen LogP contribution is -2.51. The molecule has 0 aliphatic carbocycles. The minimum Gasteiger partial charge on any atom is -0.387 e. The van der Waals surface area contributed by atoms with Crippen LogP contribution in [0, 0.1) is 10.8 Å². The molecule has 0 heterocycles. The van der Waals surface area contributed by atoms with E-state index in [4.69, 9.17) is 4.74 Å². The van der Waals surface area contributed by atoms with Gasteiger partial charge in [-0.2, -0.15) is 13.2 Å². The molecule has 0 fully saturated rings. The van der Waals surface area contributed by atoms with Gasteiger partial charge in [0.1, 0.15) is 6.10 Å². The molecule has 7 heteroatoms. The van der Waals surface area contributed by atoms with E-state index in [1.807, 2.05) is 0 Å². The van der Waals surface area contributed by atoms with Crippen molar-refractivity contribution < 1.29 is 31.8 Å². The van der Waals surface area contributed by atoms with Gasteiger partial charge in [-0.25, -0.2) is 8.78 Å². The van der Waals surface area contributed by atoms with Crippen LogP contribution in [0.3, 0.4) is 0 Å². The molecule has 2 nitrogen and oxygen atoms in total. The molecule has 0 aliphatic rings. The van der Waals surface area contributed by atoms with Gasteiger partial charge >= 0.3 is 6.18 Å². The quantitative estimate of drug-likeness (QED) is 0.735. The summed E-state index contributed by atoms with van der Waals surface area (Å²) < 4.78 is 71.7. The van der Waals surface area contributed by atoms with Crippen LogP contribution in [0.15, 0.2) is 0 Å². The van der Waals surface area contributed by atoms with Gasteiger partial charge in [0.2, 0.25) is 0 Å². The summed E-state index contributed by atoms with van der Waals surface area (Å²) in [6.45, 7) is 6.73. The molecule has 0 amide bonds. The number of alkyl halides is 5. The maximum atomic E-state index is 14.0. The maximum Gasteiger partial charge on any atom is 0.415 e. The minimum atomic E-state index is -4.65. The van der Waals surface area contributed by atoms with E-state index in [-0.39, 0.29) is 6.42 Å². The first kappa shape index (κ1) is 20.6. The zero-order valence-corrected chi connectivity index (χ0v) is 13.3. The van der Waals surface area contributed by atoms with Crippen molar-refractivity contribution in [3.8, 4) is 0 Å².